The maximum atomic E-state index is 11.0. The van der Waals surface area contributed by atoms with Gasteiger partial charge in [0.05, 0.1) is 22.8 Å². The number of nitrogens with one attached hydrogen (secondary N) is 1. The van der Waals surface area contributed by atoms with Crippen LogP contribution in [-0.2, 0) is 0 Å². The summed E-state index contributed by atoms with van der Waals surface area (Å²) in [6.45, 7) is -0.428. The van der Waals surface area contributed by atoms with Crippen molar-refractivity contribution in [3.63, 3.8) is 0 Å². The van der Waals surface area contributed by atoms with Crippen molar-refractivity contribution in [2.75, 3.05) is 0 Å². The largest absolute Gasteiger partial charge is 0.335 e. The van der Waals surface area contributed by atoms with E-state index in [2.05, 4.69) is 22.2 Å². The molecule has 2 heterocycles. The molecule has 5 nitrogen and oxygen atoms in total. The third-order valence-corrected chi connectivity index (χ3v) is 4.27. The van der Waals surface area contributed by atoms with Crippen LogP contribution >= 0.6 is 0 Å². The fourth-order valence-electron chi connectivity index (χ4n) is 3.13. The number of nitrogens with zero attached hydrogens (tertiary/aromatic N) is 3. The number of carbonyl (C=O) groups is 1. The number of rotatable bonds is 2. The first-order chi connectivity index (χ1) is 11.7. The van der Waals surface area contributed by atoms with Gasteiger partial charge in [0.2, 0.25) is 0 Å². The zero-order valence-corrected chi connectivity index (χ0v) is 12.4. The molecule has 0 saturated carbocycles. The van der Waals surface area contributed by atoms with E-state index < -0.39 is 6.71 Å². The second-order valence-electron chi connectivity index (χ2n) is 5.61. The molecule has 0 aliphatic carbocycles. The average molecular weight is 308 g/mol. The highest BCUT2D eigenvalue weighted by molar-refractivity contribution is 6.98. The van der Waals surface area contributed by atoms with E-state index in [4.69, 9.17) is 5.26 Å². The molecule has 3 aromatic rings. The Balaban J connectivity index is 1.89. The SMILES string of the molecule is N#CB1C(c2n[nH]c3cc(C#N)ccc23)=Cc2cc(C=O)ccc21. The van der Waals surface area contributed by atoms with E-state index in [9.17, 15) is 10.1 Å². The van der Waals surface area contributed by atoms with E-state index in [0.717, 1.165) is 33.7 Å². The van der Waals surface area contributed by atoms with E-state index in [-0.39, 0.29) is 0 Å². The molecule has 1 aromatic heterocycles. The normalized spacial score (nSPS) is 12.4. The first kappa shape index (κ1) is 14.0. The summed E-state index contributed by atoms with van der Waals surface area (Å²) in [5.41, 5.74) is 5.12. The molecule has 1 aliphatic heterocycles. The Morgan fingerprint density at radius 3 is 2.79 bits per heavy atom. The van der Waals surface area contributed by atoms with Crippen LogP contribution in [0.3, 0.4) is 0 Å². The second kappa shape index (κ2) is 5.22. The Labute approximate surface area is 137 Å². The summed E-state index contributed by atoms with van der Waals surface area (Å²) in [5.74, 6) is 2.32. The zero-order chi connectivity index (χ0) is 16.7. The fraction of sp³-hybridized carbons (Fsp3) is 0. The molecule has 6 heteroatoms. The van der Waals surface area contributed by atoms with Gasteiger partial charge in [-0.05, 0) is 35.3 Å². The van der Waals surface area contributed by atoms with E-state index in [1.54, 1.807) is 24.3 Å². The summed E-state index contributed by atoms with van der Waals surface area (Å²) < 4.78 is 0. The molecule has 0 fully saturated rings. The Bertz CT molecular complexity index is 1110. The number of hydrogen-bond acceptors (Lipinski definition) is 4. The highest BCUT2D eigenvalue weighted by atomic mass is 16.1. The lowest BCUT2D eigenvalue weighted by Crippen LogP contribution is -2.28. The standard InChI is InChI=1S/C18H9BN4O/c20-8-11-1-3-14-17(6-11)22-23-18(14)16-7-13-5-12(9-24)2-4-15(13)19(16)10-21/h1-7,9H,(H,22,23). The highest BCUT2D eigenvalue weighted by Crippen LogP contribution is 2.30. The zero-order valence-electron chi connectivity index (χ0n) is 12.4. The quantitative estimate of drug-likeness (QED) is 0.579. The Morgan fingerprint density at radius 2 is 2.04 bits per heavy atom. The van der Waals surface area contributed by atoms with Gasteiger partial charge in [-0.15, -0.1) is 0 Å². The van der Waals surface area contributed by atoms with Crippen LogP contribution in [0.15, 0.2) is 36.4 Å². The average Bonchev–Trinajstić information content (AvgIpc) is 3.20. The number of benzene rings is 2. The van der Waals surface area contributed by atoms with Gasteiger partial charge in [-0.2, -0.15) is 10.4 Å². The molecule has 0 spiro atoms. The predicted octanol–water partition coefficient (Wildman–Crippen LogP) is 2.11. The molecule has 0 saturated heterocycles. The molecular weight excluding hydrogens is 299 g/mol. The lowest BCUT2D eigenvalue weighted by atomic mass is 9.43. The number of H-pyrrole nitrogens is 1. The van der Waals surface area contributed by atoms with Crippen LogP contribution < -0.4 is 5.46 Å². The topological polar surface area (TPSA) is 93.3 Å². The van der Waals surface area contributed by atoms with Gasteiger partial charge in [-0.25, -0.2) is 5.26 Å². The second-order valence-corrected chi connectivity index (χ2v) is 5.61. The lowest BCUT2D eigenvalue weighted by molar-refractivity contribution is 0.112. The van der Waals surface area contributed by atoms with Crippen molar-refractivity contribution < 1.29 is 4.79 Å². The number of aromatic amines is 1. The molecule has 1 aliphatic rings. The number of aldehydes is 1. The molecule has 2 aromatic carbocycles. The summed E-state index contributed by atoms with van der Waals surface area (Å²) in [6, 6.07) is 12.7. The minimum atomic E-state index is -0.428. The third kappa shape index (κ3) is 1.94. The molecule has 24 heavy (non-hydrogen) atoms. The van der Waals surface area contributed by atoms with Crippen molar-refractivity contribution in [2.45, 2.75) is 0 Å². The van der Waals surface area contributed by atoms with E-state index in [0.29, 0.717) is 16.8 Å². The molecule has 4 rings (SSSR count). The monoisotopic (exact) mass is 308 g/mol. The van der Waals surface area contributed by atoms with Crippen LogP contribution in [0, 0.1) is 22.6 Å². The van der Waals surface area contributed by atoms with Crippen LogP contribution in [0.25, 0.3) is 22.5 Å². The van der Waals surface area contributed by atoms with Crippen molar-refractivity contribution in [2.24, 2.45) is 0 Å². The minimum Gasteiger partial charge on any atom is -0.298 e. The van der Waals surface area contributed by atoms with Gasteiger partial charge in [0.1, 0.15) is 6.29 Å². The predicted molar refractivity (Wildman–Crippen MR) is 91.5 cm³/mol. The minimum absolute atomic E-state index is 0.428. The van der Waals surface area contributed by atoms with Crippen LogP contribution in [0.1, 0.15) is 27.2 Å². The number of nitriles is 2. The van der Waals surface area contributed by atoms with Crippen molar-refractivity contribution in [3.05, 3.63) is 58.8 Å². The van der Waals surface area contributed by atoms with Crippen molar-refractivity contribution in [3.8, 4) is 12.0 Å². The highest BCUT2D eigenvalue weighted by Gasteiger charge is 2.33. The number of carbonyl (C=O) groups excluding carboxylic acids is 1. The van der Waals surface area contributed by atoms with E-state index in [1.165, 1.54) is 0 Å². The number of hydrogen-bond donors (Lipinski definition) is 1. The van der Waals surface area contributed by atoms with Gasteiger partial charge in [0.25, 0.3) is 0 Å². The van der Waals surface area contributed by atoms with Gasteiger partial charge < -0.3 is 0 Å². The molecule has 0 radical (unpaired) electrons. The van der Waals surface area contributed by atoms with Gasteiger partial charge in [0, 0.05) is 16.9 Å². The Morgan fingerprint density at radius 1 is 1.17 bits per heavy atom. The summed E-state index contributed by atoms with van der Waals surface area (Å²) >= 11 is 0. The summed E-state index contributed by atoms with van der Waals surface area (Å²) in [4.78, 5) is 11.0. The van der Waals surface area contributed by atoms with Gasteiger partial charge in [0.15, 0.2) is 0 Å². The van der Waals surface area contributed by atoms with E-state index >= 15 is 0 Å². The third-order valence-electron chi connectivity index (χ3n) is 4.27. The first-order valence-electron chi connectivity index (χ1n) is 7.34. The van der Waals surface area contributed by atoms with Crippen LogP contribution in [0.4, 0.5) is 0 Å². The number of fused-ring (bicyclic) bond motifs is 2. The molecular formula is C18H9BN4O. The maximum absolute atomic E-state index is 11.0. The van der Waals surface area contributed by atoms with Gasteiger partial charge >= 0.3 is 6.71 Å². The summed E-state index contributed by atoms with van der Waals surface area (Å²) in [5, 5.41) is 26.8. The molecule has 110 valence electrons. The van der Waals surface area contributed by atoms with Gasteiger partial charge in [-0.1, -0.05) is 23.7 Å². The summed E-state index contributed by atoms with van der Waals surface area (Å²) in [6.07, 6.45) is 2.70. The van der Waals surface area contributed by atoms with Crippen LogP contribution in [0.2, 0.25) is 0 Å². The Kier molecular flexibility index (Phi) is 3.04. The first-order valence-corrected chi connectivity index (χ1v) is 7.34. The molecule has 1 N–H and O–H groups in total. The molecule has 0 unspecified atom stereocenters. The Hall–Kier alpha value is -3.64. The summed E-state index contributed by atoms with van der Waals surface area (Å²) in [7, 11) is 0. The van der Waals surface area contributed by atoms with Crippen LogP contribution in [-0.4, -0.2) is 23.2 Å². The lowest BCUT2D eigenvalue weighted by Gasteiger charge is -2.03. The van der Waals surface area contributed by atoms with Crippen LogP contribution in [0.5, 0.6) is 0 Å². The fourth-order valence-corrected chi connectivity index (χ4v) is 3.13. The maximum Gasteiger partial charge on any atom is 0.335 e. The number of aromatic nitrogens is 2. The van der Waals surface area contributed by atoms with E-state index in [1.807, 2.05) is 18.2 Å². The molecule has 0 bridgehead atoms. The molecule has 0 atom stereocenters. The smallest absolute Gasteiger partial charge is 0.298 e. The van der Waals surface area contributed by atoms with Crippen molar-refractivity contribution >= 4 is 40.9 Å². The van der Waals surface area contributed by atoms with Gasteiger partial charge in [-0.3, -0.25) is 9.89 Å². The van der Waals surface area contributed by atoms with Crippen molar-refractivity contribution in [1.29, 1.82) is 10.5 Å². The molecule has 0 amide bonds. The van der Waals surface area contributed by atoms with Crippen molar-refractivity contribution in [1.82, 2.24) is 10.2 Å².